The molecular weight excluding hydrogens is 564 g/mol. The van der Waals surface area contributed by atoms with Crippen LogP contribution in [-0.4, -0.2) is 81.5 Å². The van der Waals surface area contributed by atoms with Crippen molar-refractivity contribution in [2.45, 2.75) is 55.9 Å². The van der Waals surface area contributed by atoms with Gasteiger partial charge in [0.25, 0.3) is 0 Å². The van der Waals surface area contributed by atoms with Crippen molar-refractivity contribution < 1.29 is 18.6 Å². The maximum atomic E-state index is 16.7. The van der Waals surface area contributed by atoms with Gasteiger partial charge < -0.3 is 20.1 Å². The highest BCUT2D eigenvalue weighted by atomic mass is 19.1. The molecule has 8 rings (SSSR count). The van der Waals surface area contributed by atoms with E-state index in [9.17, 15) is 14.8 Å². The van der Waals surface area contributed by atoms with E-state index in [-0.39, 0.29) is 47.6 Å². The minimum absolute atomic E-state index is 0.0127. The zero-order chi connectivity index (χ0) is 30.0. The van der Waals surface area contributed by atoms with Crippen LogP contribution in [0, 0.1) is 23.1 Å². The van der Waals surface area contributed by atoms with Gasteiger partial charge in [0.15, 0.2) is 5.82 Å². The molecule has 4 saturated heterocycles. The van der Waals surface area contributed by atoms with Crippen molar-refractivity contribution in [3.05, 3.63) is 48.4 Å². The van der Waals surface area contributed by atoms with Crippen molar-refractivity contribution in [3.63, 3.8) is 0 Å². The quantitative estimate of drug-likeness (QED) is 0.326. The molecule has 4 aliphatic heterocycles. The first-order valence-corrected chi connectivity index (χ1v) is 15.4. The summed E-state index contributed by atoms with van der Waals surface area (Å²) in [6.45, 7) is 2.72. The Hall–Kier alpha value is -4.14. The van der Waals surface area contributed by atoms with Crippen molar-refractivity contribution in [3.8, 4) is 29.1 Å². The number of nitrogens with zero attached hydrogens (tertiary/aromatic N) is 6. The molecule has 2 unspecified atom stereocenters. The van der Waals surface area contributed by atoms with Crippen LogP contribution in [0.25, 0.3) is 32.9 Å². The number of aromatic hydroxyl groups is 1. The Bertz CT molecular complexity index is 1820. The Morgan fingerprint density at radius 2 is 2.05 bits per heavy atom. The number of nitriles is 1. The minimum Gasteiger partial charge on any atom is -0.508 e. The van der Waals surface area contributed by atoms with Crippen LogP contribution in [0.5, 0.6) is 11.8 Å². The van der Waals surface area contributed by atoms with E-state index in [1.54, 1.807) is 12.3 Å². The van der Waals surface area contributed by atoms with E-state index in [1.807, 2.05) is 24.3 Å². The molecule has 9 nitrogen and oxygen atoms in total. The lowest BCUT2D eigenvalue weighted by molar-refractivity contribution is 0.107. The summed E-state index contributed by atoms with van der Waals surface area (Å²) in [6.07, 6.45) is 4.30. The van der Waals surface area contributed by atoms with Gasteiger partial charge in [-0.15, -0.1) is 0 Å². The lowest BCUT2D eigenvalue weighted by Crippen LogP contribution is -2.52. The predicted octanol–water partition coefficient (Wildman–Crippen LogP) is 4.73. The number of nitrogens with one attached hydrogen (secondary N) is 1. The topological polar surface area (TPSA) is 110 Å². The molecule has 0 aliphatic carbocycles. The highest BCUT2D eigenvalue weighted by molar-refractivity contribution is 5.99. The number of piperazine rings is 1. The lowest BCUT2D eigenvalue weighted by Gasteiger charge is -2.35. The molecule has 0 amide bonds. The fraction of sp³-hybridized carbons (Fsp3) is 0.455. The van der Waals surface area contributed by atoms with Crippen LogP contribution < -0.4 is 15.0 Å². The molecule has 2 N–H and O–H groups in total. The van der Waals surface area contributed by atoms with Crippen molar-refractivity contribution in [2.75, 3.05) is 37.7 Å². The number of ether oxygens (including phenoxy) is 1. The Balaban J connectivity index is 1.23. The Labute approximate surface area is 253 Å². The maximum Gasteiger partial charge on any atom is 0.319 e. The molecule has 0 spiro atoms. The van der Waals surface area contributed by atoms with E-state index in [2.05, 4.69) is 31.2 Å². The van der Waals surface area contributed by atoms with Gasteiger partial charge in [-0.1, -0.05) is 24.3 Å². The molecule has 0 radical (unpaired) electrons. The Morgan fingerprint density at radius 1 is 1.16 bits per heavy atom. The zero-order valence-corrected chi connectivity index (χ0v) is 24.2. The van der Waals surface area contributed by atoms with Gasteiger partial charge in [0, 0.05) is 56.3 Å². The van der Waals surface area contributed by atoms with E-state index in [0.29, 0.717) is 49.2 Å². The number of hydrogen-bond donors (Lipinski definition) is 2. The summed E-state index contributed by atoms with van der Waals surface area (Å²) in [6, 6.07) is 13.3. The van der Waals surface area contributed by atoms with E-state index in [4.69, 9.17) is 9.72 Å². The number of phenols is 1. The predicted molar refractivity (Wildman–Crippen MR) is 162 cm³/mol. The van der Waals surface area contributed by atoms with Crippen LogP contribution in [0.1, 0.15) is 32.1 Å². The third kappa shape index (κ3) is 4.50. The number of anilines is 1. The molecule has 4 aliphatic rings. The van der Waals surface area contributed by atoms with Crippen LogP contribution in [0.2, 0.25) is 0 Å². The van der Waals surface area contributed by atoms with Gasteiger partial charge in [-0.05, 0) is 54.6 Å². The van der Waals surface area contributed by atoms with Crippen molar-refractivity contribution in [1.82, 2.24) is 25.2 Å². The number of rotatable bonds is 6. The molecule has 6 heterocycles. The second-order valence-corrected chi connectivity index (χ2v) is 12.8. The van der Waals surface area contributed by atoms with Gasteiger partial charge in [-0.2, -0.15) is 15.2 Å². The van der Waals surface area contributed by atoms with Crippen LogP contribution in [0.15, 0.2) is 42.6 Å². The summed E-state index contributed by atoms with van der Waals surface area (Å²) in [4.78, 5) is 18.3. The largest absolute Gasteiger partial charge is 0.508 e. The van der Waals surface area contributed by atoms with Crippen molar-refractivity contribution in [2.24, 2.45) is 5.92 Å². The number of pyridine rings is 1. The first-order valence-electron chi connectivity index (χ1n) is 15.4. The van der Waals surface area contributed by atoms with Gasteiger partial charge in [-0.25, -0.2) is 8.78 Å². The third-order valence-electron chi connectivity index (χ3n) is 10.1. The summed E-state index contributed by atoms with van der Waals surface area (Å²) in [5, 5.41) is 25.4. The van der Waals surface area contributed by atoms with Gasteiger partial charge in [0.05, 0.1) is 17.0 Å². The highest BCUT2D eigenvalue weighted by Crippen LogP contribution is 2.42. The minimum atomic E-state index is -0.896. The number of hydrogen-bond acceptors (Lipinski definition) is 9. The van der Waals surface area contributed by atoms with Gasteiger partial charge in [0.2, 0.25) is 0 Å². The van der Waals surface area contributed by atoms with Crippen LogP contribution in [-0.2, 0) is 0 Å². The number of aromatic nitrogens is 3. The monoisotopic (exact) mass is 597 g/mol. The van der Waals surface area contributed by atoms with Crippen molar-refractivity contribution >= 4 is 27.5 Å². The average molecular weight is 598 g/mol. The number of phenolic OH excluding ortho intramolecular Hbond substituents is 1. The Morgan fingerprint density at radius 3 is 2.93 bits per heavy atom. The summed E-state index contributed by atoms with van der Waals surface area (Å²) < 4.78 is 37.4. The van der Waals surface area contributed by atoms with Crippen molar-refractivity contribution in [1.29, 1.82) is 5.26 Å². The standard InChI is InChI=1S/C33H33F2N7O2/c34-21-13-33(7-3-9-42(33)15-21)18-44-32-39-30-26(31(40-32)41-16-22-10-20(6-8-36)27(17-41)38-22)14-37-29(28(30)35)25-12-23(43)11-19-4-1-2-5-24(19)25/h1-2,4-5,11-12,14,20-22,27,38,43H,3,6-7,9-10,13,15-18H2/t20-,21?,22-,27-,33?/m1/s1. The molecule has 11 heteroatoms. The number of alkyl halides is 1. The Kier molecular flexibility index (Phi) is 6.54. The van der Waals surface area contributed by atoms with E-state index in [0.717, 1.165) is 36.6 Å². The van der Waals surface area contributed by atoms with E-state index >= 15 is 4.39 Å². The molecular formula is C33H33F2N7O2. The van der Waals surface area contributed by atoms with Gasteiger partial charge >= 0.3 is 6.01 Å². The summed E-state index contributed by atoms with van der Waals surface area (Å²) in [7, 11) is 0. The summed E-state index contributed by atoms with van der Waals surface area (Å²) in [5.74, 6) is 0.160. The fourth-order valence-electron chi connectivity index (χ4n) is 8.11. The smallest absolute Gasteiger partial charge is 0.319 e. The highest BCUT2D eigenvalue weighted by Gasteiger charge is 2.49. The van der Waals surface area contributed by atoms with Crippen LogP contribution in [0.4, 0.5) is 14.6 Å². The zero-order valence-electron chi connectivity index (χ0n) is 24.2. The van der Waals surface area contributed by atoms with Crippen LogP contribution >= 0.6 is 0 Å². The normalized spacial score (nSPS) is 28.1. The molecule has 5 atom stereocenters. The first kappa shape index (κ1) is 27.4. The second-order valence-electron chi connectivity index (χ2n) is 12.8. The summed E-state index contributed by atoms with van der Waals surface area (Å²) in [5.41, 5.74) is 0.213. The molecule has 4 fully saturated rings. The van der Waals surface area contributed by atoms with E-state index < -0.39 is 17.5 Å². The molecule has 0 saturated carbocycles. The maximum absolute atomic E-state index is 16.7. The van der Waals surface area contributed by atoms with E-state index in [1.165, 1.54) is 6.07 Å². The summed E-state index contributed by atoms with van der Waals surface area (Å²) >= 11 is 0. The molecule has 226 valence electrons. The lowest BCUT2D eigenvalue weighted by atomic mass is 9.95. The SMILES string of the molecule is N#CC[C@@H]1C[C@@H]2CN(c3nc(OCC45CCCN4CC(F)C5)nc4c(F)c(-c5cc(O)cc6ccccc56)ncc34)C[C@H]1N2. The molecule has 2 bridgehead atoms. The first-order chi connectivity index (χ1) is 21.4. The third-order valence-corrected chi connectivity index (χ3v) is 10.1. The average Bonchev–Trinajstić information content (AvgIpc) is 3.64. The fourth-order valence-corrected chi connectivity index (χ4v) is 8.11. The number of fused-ring (bicyclic) bond motifs is 5. The van der Waals surface area contributed by atoms with Gasteiger partial charge in [-0.3, -0.25) is 9.88 Å². The molecule has 4 aromatic rings. The molecule has 2 aromatic carbocycles. The molecule has 2 aromatic heterocycles. The molecule has 44 heavy (non-hydrogen) atoms. The van der Waals surface area contributed by atoms with Gasteiger partial charge in [0.1, 0.15) is 35.6 Å². The number of benzene rings is 2. The van der Waals surface area contributed by atoms with Crippen LogP contribution in [0.3, 0.4) is 0 Å². The second kappa shape index (κ2) is 10.5. The number of halogens is 2.